The standard InChI is InChI=1S/C40H68N2O30/c1-9-19(50)22(53)27(58)38(62-9)71-33-17(41-10(2)48)36(64-12(4-43)20(33)51)69-32-16(8-47)67-40(29(60)25(32)56)72-34-18(42-11(3)49)37(65-13(5-44)21(34)52)68-31-15(7-46)66-39(28(59)24(31)55)70-30-14(6-45)63-35(61)26(57)23(30)54/h9,12-40,43-47,50-61H,4-8H2,1-3H3,(H,41,48)(H,42,49)/t9-,12+,13+,14+,15+,16+,17+,18+,19+,20-,21-,22+,23+,24+,25+,26+,27-,28+,29+,30+,31-,32-,33+,34+,35?,36-,37-,38-,39-,40-/m0/s1. The summed E-state index contributed by atoms with van der Waals surface area (Å²) >= 11 is 0. The van der Waals surface area contributed by atoms with Gasteiger partial charge in [0.2, 0.25) is 11.8 Å². The molecule has 0 bridgehead atoms. The molecule has 6 fully saturated rings. The molecule has 6 heterocycles. The molecule has 72 heavy (non-hydrogen) atoms. The van der Waals surface area contributed by atoms with Crippen molar-refractivity contribution in [2.45, 2.75) is 205 Å². The molecule has 0 aromatic carbocycles. The molecule has 6 aliphatic rings. The average Bonchev–Trinajstić information content (AvgIpc) is 3.34. The van der Waals surface area contributed by atoms with E-state index in [4.69, 9.17) is 52.1 Å². The van der Waals surface area contributed by atoms with Crippen molar-refractivity contribution in [3.8, 4) is 0 Å². The first-order chi connectivity index (χ1) is 34.0. The van der Waals surface area contributed by atoms with E-state index >= 15 is 0 Å². The summed E-state index contributed by atoms with van der Waals surface area (Å²) < 4.78 is 62.9. The minimum absolute atomic E-state index is 0.785. The maximum absolute atomic E-state index is 12.7. The first kappa shape index (κ1) is 59.1. The number of aliphatic hydroxyl groups excluding tert-OH is 17. The Balaban J connectivity index is 1.20. The van der Waals surface area contributed by atoms with Crippen LogP contribution >= 0.6 is 0 Å². The van der Waals surface area contributed by atoms with Gasteiger partial charge in [-0.05, 0) is 6.92 Å². The fourth-order valence-corrected chi connectivity index (χ4v) is 9.27. The van der Waals surface area contributed by atoms with Crippen LogP contribution in [-0.4, -0.2) is 316 Å². The highest BCUT2D eigenvalue weighted by atomic mass is 16.8. The lowest BCUT2D eigenvalue weighted by Gasteiger charge is -2.51. The summed E-state index contributed by atoms with van der Waals surface area (Å²) in [6, 6.07) is -3.37. The number of ether oxygens (including phenoxy) is 11. The van der Waals surface area contributed by atoms with Gasteiger partial charge in [-0.25, -0.2) is 0 Å². The summed E-state index contributed by atoms with van der Waals surface area (Å²) in [6.07, 6.45) is -51.4. The van der Waals surface area contributed by atoms with Crippen molar-refractivity contribution in [2.24, 2.45) is 0 Å². The number of nitrogens with one attached hydrogen (secondary N) is 2. The van der Waals surface area contributed by atoms with Crippen LogP contribution in [0.15, 0.2) is 0 Å². The molecule has 0 saturated carbocycles. The number of carbonyl (C=O) groups excluding carboxylic acids is 2. The van der Waals surface area contributed by atoms with E-state index in [0.29, 0.717) is 0 Å². The predicted molar refractivity (Wildman–Crippen MR) is 221 cm³/mol. The van der Waals surface area contributed by atoms with Crippen LogP contribution in [0.25, 0.3) is 0 Å². The summed E-state index contributed by atoms with van der Waals surface area (Å²) in [7, 11) is 0. The molecular weight excluding hydrogens is 988 g/mol. The first-order valence-corrected chi connectivity index (χ1v) is 23.0. The van der Waals surface area contributed by atoms with Gasteiger partial charge in [-0.3, -0.25) is 9.59 Å². The van der Waals surface area contributed by atoms with Gasteiger partial charge in [0.15, 0.2) is 37.7 Å². The zero-order chi connectivity index (χ0) is 53.2. The number of hydrogen-bond acceptors (Lipinski definition) is 30. The van der Waals surface area contributed by atoms with Crippen molar-refractivity contribution in [1.29, 1.82) is 0 Å². The highest BCUT2D eigenvalue weighted by Gasteiger charge is 2.58. The maximum Gasteiger partial charge on any atom is 0.217 e. The topological polar surface area (TPSA) is 504 Å². The molecule has 2 amide bonds. The third-order valence-corrected chi connectivity index (χ3v) is 13.2. The van der Waals surface area contributed by atoms with Gasteiger partial charge in [0, 0.05) is 13.8 Å². The third-order valence-electron chi connectivity index (χ3n) is 13.2. The fraction of sp³-hybridized carbons (Fsp3) is 0.950. The van der Waals surface area contributed by atoms with E-state index in [1.807, 2.05) is 0 Å². The molecule has 6 saturated heterocycles. The summed E-state index contributed by atoms with van der Waals surface area (Å²) in [6.45, 7) is -1.45. The van der Waals surface area contributed by atoms with Crippen LogP contribution in [0, 0.1) is 0 Å². The van der Waals surface area contributed by atoms with Crippen molar-refractivity contribution in [1.82, 2.24) is 10.6 Å². The molecule has 30 atom stereocenters. The molecule has 0 radical (unpaired) electrons. The van der Waals surface area contributed by atoms with Crippen molar-refractivity contribution < 1.29 is 149 Å². The first-order valence-electron chi connectivity index (χ1n) is 23.0. The molecule has 0 aromatic heterocycles. The highest BCUT2D eigenvalue weighted by molar-refractivity contribution is 5.73. The summed E-state index contributed by atoms with van der Waals surface area (Å²) in [5, 5.41) is 186. The summed E-state index contributed by atoms with van der Waals surface area (Å²) in [4.78, 5) is 25.2. The van der Waals surface area contributed by atoms with Gasteiger partial charge < -0.3 is 150 Å². The van der Waals surface area contributed by atoms with E-state index in [1.54, 1.807) is 0 Å². The molecule has 418 valence electrons. The SMILES string of the molecule is CC(=O)N[C@H]1[C@H](O[C@@H]2[C@H](O)[C@@H](O)[C@H](O[C@H]3[C@@H](O)[C@@H](CO)O[C@@H](O[C@@H]4[C@H](O)[C@@H](O)[C@H](O[C@H]5[C@H](O)[C@@H](O)C(O)O[C@@H]5CO)O[C@@H]4CO)[C@@H]3NC(C)=O)O[C@@H]2CO)O[C@H](CO)[C@H](O)[C@@H]1O[C@@H]1O[C@@H](C)[C@@H](O)[C@@H](O)[C@@H]1O. The molecule has 19 N–H and O–H groups in total. The van der Waals surface area contributed by atoms with Crippen LogP contribution in [0.2, 0.25) is 0 Å². The maximum atomic E-state index is 12.7. The molecule has 6 aliphatic heterocycles. The van der Waals surface area contributed by atoms with E-state index < -0.39 is 229 Å². The number of carbonyl (C=O) groups is 2. The Kier molecular flexibility index (Phi) is 20.8. The van der Waals surface area contributed by atoms with Gasteiger partial charge >= 0.3 is 0 Å². The smallest absolute Gasteiger partial charge is 0.217 e. The van der Waals surface area contributed by atoms with Crippen molar-refractivity contribution >= 4 is 11.8 Å². The minimum atomic E-state index is -2.23. The van der Waals surface area contributed by atoms with Gasteiger partial charge in [0.25, 0.3) is 0 Å². The lowest BCUT2D eigenvalue weighted by molar-refractivity contribution is -0.384. The Morgan fingerprint density at radius 1 is 0.361 bits per heavy atom. The number of rotatable bonds is 17. The molecule has 1 unspecified atom stereocenters. The Hall–Kier alpha value is -2.18. The second-order valence-corrected chi connectivity index (χ2v) is 18.2. The zero-order valence-corrected chi connectivity index (χ0v) is 38.8. The van der Waals surface area contributed by atoms with Crippen molar-refractivity contribution in [3.05, 3.63) is 0 Å². The number of hydrogen-bond donors (Lipinski definition) is 19. The second-order valence-electron chi connectivity index (χ2n) is 18.2. The number of amides is 2. The second kappa shape index (κ2) is 25.3. The van der Waals surface area contributed by atoms with E-state index in [0.717, 1.165) is 13.8 Å². The molecule has 32 heteroatoms. The van der Waals surface area contributed by atoms with Gasteiger partial charge in [0.1, 0.15) is 140 Å². The quantitative estimate of drug-likeness (QED) is 0.0643. The van der Waals surface area contributed by atoms with Crippen molar-refractivity contribution in [3.63, 3.8) is 0 Å². The molecule has 6 rings (SSSR count). The molecule has 32 nitrogen and oxygen atoms in total. The van der Waals surface area contributed by atoms with Crippen molar-refractivity contribution in [2.75, 3.05) is 33.0 Å². The Bertz CT molecular complexity index is 1730. The van der Waals surface area contributed by atoms with Crippen LogP contribution in [0.1, 0.15) is 20.8 Å². The van der Waals surface area contributed by atoms with Gasteiger partial charge in [-0.2, -0.15) is 0 Å². The van der Waals surface area contributed by atoms with Gasteiger partial charge in [-0.15, -0.1) is 0 Å². The summed E-state index contributed by atoms with van der Waals surface area (Å²) in [5.74, 6) is -1.63. The lowest BCUT2D eigenvalue weighted by Crippen LogP contribution is -2.71. The minimum Gasteiger partial charge on any atom is -0.394 e. The van der Waals surface area contributed by atoms with E-state index in [1.165, 1.54) is 6.92 Å². The molecule has 0 spiro atoms. The van der Waals surface area contributed by atoms with Crippen LogP contribution < -0.4 is 10.6 Å². The van der Waals surface area contributed by atoms with E-state index in [-0.39, 0.29) is 0 Å². The zero-order valence-electron chi connectivity index (χ0n) is 38.8. The van der Waals surface area contributed by atoms with Crippen LogP contribution in [0.5, 0.6) is 0 Å². The Morgan fingerprint density at radius 2 is 0.667 bits per heavy atom. The predicted octanol–water partition coefficient (Wildman–Crippen LogP) is -12.8. The lowest BCUT2D eigenvalue weighted by atomic mass is 9.93. The average molecular weight is 1060 g/mol. The van der Waals surface area contributed by atoms with Gasteiger partial charge in [-0.1, -0.05) is 0 Å². The monoisotopic (exact) mass is 1060 g/mol. The fourth-order valence-electron chi connectivity index (χ4n) is 9.27. The van der Waals surface area contributed by atoms with Crippen LogP contribution in [0.3, 0.4) is 0 Å². The van der Waals surface area contributed by atoms with E-state index in [2.05, 4.69) is 10.6 Å². The highest BCUT2D eigenvalue weighted by Crippen LogP contribution is 2.37. The van der Waals surface area contributed by atoms with Crippen LogP contribution in [0.4, 0.5) is 0 Å². The Labute approximate surface area is 408 Å². The Morgan fingerprint density at radius 3 is 1.04 bits per heavy atom. The molecule has 0 aromatic rings. The largest absolute Gasteiger partial charge is 0.394 e. The molecular formula is C40H68N2O30. The normalized spacial score (nSPS) is 50.3. The van der Waals surface area contributed by atoms with E-state index in [9.17, 15) is 96.4 Å². The summed E-state index contributed by atoms with van der Waals surface area (Å²) in [5.41, 5.74) is 0. The number of aliphatic hydroxyl groups is 17. The van der Waals surface area contributed by atoms with Crippen LogP contribution in [-0.2, 0) is 61.7 Å². The third kappa shape index (κ3) is 12.5. The van der Waals surface area contributed by atoms with Gasteiger partial charge in [0.05, 0.1) is 39.1 Å². The molecule has 0 aliphatic carbocycles.